The Balaban J connectivity index is 1.74. The third-order valence-electron chi connectivity index (χ3n) is 4.80. The molecule has 0 saturated heterocycles. The van der Waals surface area contributed by atoms with E-state index in [1.54, 1.807) is 13.2 Å². The molecule has 6 nitrogen and oxygen atoms in total. The van der Waals surface area contributed by atoms with E-state index in [1.165, 1.54) is 18.4 Å². The number of carbonyl (C=O) groups is 1. The molecule has 156 valence electrons. The largest absolute Gasteiger partial charge is 0.497 e. The lowest BCUT2D eigenvalue weighted by Gasteiger charge is -2.13. The van der Waals surface area contributed by atoms with E-state index in [9.17, 15) is 9.90 Å². The molecule has 0 aliphatic heterocycles. The van der Waals surface area contributed by atoms with Gasteiger partial charge < -0.3 is 9.84 Å². The molecule has 0 saturated carbocycles. The summed E-state index contributed by atoms with van der Waals surface area (Å²) >= 11 is 1.47. The Labute approximate surface area is 183 Å². The van der Waals surface area contributed by atoms with Gasteiger partial charge in [-0.05, 0) is 29.8 Å². The normalized spacial score (nSPS) is 10.6. The van der Waals surface area contributed by atoms with Gasteiger partial charge in [-0.1, -0.05) is 42.5 Å². The summed E-state index contributed by atoms with van der Waals surface area (Å²) in [6.07, 6.45) is 0. The molecule has 4 aromatic rings. The van der Waals surface area contributed by atoms with Gasteiger partial charge in [-0.25, -0.2) is 9.78 Å². The number of aromatic carboxylic acids is 1. The van der Waals surface area contributed by atoms with Gasteiger partial charge in [0.15, 0.2) is 0 Å². The molecular weight excluding hydrogens is 412 g/mol. The number of nitrogens with one attached hydrogen (secondary N) is 1. The van der Waals surface area contributed by atoms with Crippen molar-refractivity contribution in [2.75, 3.05) is 19.7 Å². The molecule has 0 radical (unpaired) electrons. The van der Waals surface area contributed by atoms with E-state index in [0.29, 0.717) is 11.3 Å². The van der Waals surface area contributed by atoms with Crippen molar-refractivity contribution in [1.29, 1.82) is 0 Å². The summed E-state index contributed by atoms with van der Waals surface area (Å²) in [5.74, 6) is -0.249. The second kappa shape index (κ2) is 8.99. The molecule has 0 atom stereocenters. The maximum absolute atomic E-state index is 12.1. The Morgan fingerprint density at radius 1 is 0.968 bits per heavy atom. The van der Waals surface area contributed by atoms with Crippen molar-refractivity contribution in [1.82, 2.24) is 4.98 Å². The number of ether oxygens (including phenoxy) is 1. The van der Waals surface area contributed by atoms with E-state index >= 15 is 0 Å². The molecule has 31 heavy (non-hydrogen) atoms. The number of aromatic nitrogens is 1. The lowest BCUT2D eigenvalue weighted by Crippen LogP contribution is -2.03. The van der Waals surface area contributed by atoms with Gasteiger partial charge in [0.25, 0.3) is 0 Å². The molecular formula is C24H20N2O4S. The number of carboxylic acid groups (broad SMARTS) is 1. The predicted molar refractivity (Wildman–Crippen MR) is 123 cm³/mol. The third kappa shape index (κ3) is 4.28. The quantitative estimate of drug-likeness (QED) is 0.358. The van der Waals surface area contributed by atoms with E-state index in [1.807, 2.05) is 66.0 Å². The fraction of sp³-hybridized carbons (Fsp3) is 0.0833. The van der Waals surface area contributed by atoms with E-state index in [4.69, 9.17) is 14.6 Å². The Bertz CT molecular complexity index is 1240. The second-order valence-electron chi connectivity index (χ2n) is 6.69. The molecule has 0 bridgehead atoms. The SMILES string of the molecule is CONc1ccccc1-c1ccc(-c2nc(-c3cccc(OC)c3)cs2)cc1C(=O)O. The number of anilines is 1. The standard InChI is InChI=1S/C24H20N2O4S/c1-29-17-7-5-6-15(12-17)22-14-31-23(25-22)16-10-11-18(20(13-16)24(27)28)19-8-3-4-9-21(19)26-30-2/h3-14,26H,1-2H3,(H,27,28). The molecule has 4 rings (SSSR count). The average Bonchev–Trinajstić information content (AvgIpc) is 3.30. The van der Waals surface area contributed by atoms with Crippen molar-refractivity contribution in [3.05, 3.63) is 77.7 Å². The van der Waals surface area contributed by atoms with Crippen LogP contribution in [0.4, 0.5) is 5.69 Å². The van der Waals surface area contributed by atoms with Crippen molar-refractivity contribution in [2.45, 2.75) is 0 Å². The van der Waals surface area contributed by atoms with Gasteiger partial charge in [-0.15, -0.1) is 11.3 Å². The van der Waals surface area contributed by atoms with E-state index in [2.05, 4.69) is 5.48 Å². The molecule has 0 aliphatic carbocycles. The Hall–Kier alpha value is -3.68. The van der Waals surface area contributed by atoms with Crippen molar-refractivity contribution in [2.24, 2.45) is 0 Å². The van der Waals surface area contributed by atoms with Crippen LogP contribution in [0.2, 0.25) is 0 Å². The van der Waals surface area contributed by atoms with Crippen LogP contribution in [-0.2, 0) is 4.84 Å². The minimum absolute atomic E-state index is 0.195. The zero-order valence-corrected chi connectivity index (χ0v) is 17.8. The zero-order valence-electron chi connectivity index (χ0n) is 17.0. The maximum atomic E-state index is 12.1. The van der Waals surface area contributed by atoms with E-state index < -0.39 is 5.97 Å². The third-order valence-corrected chi connectivity index (χ3v) is 5.69. The highest BCUT2D eigenvalue weighted by Gasteiger charge is 2.17. The predicted octanol–water partition coefficient (Wildman–Crippen LogP) is 5.82. The molecule has 1 aromatic heterocycles. The fourth-order valence-corrected chi connectivity index (χ4v) is 4.15. The molecule has 0 amide bonds. The first-order chi connectivity index (χ1) is 15.1. The number of benzene rings is 3. The molecule has 0 unspecified atom stereocenters. The number of hydrogen-bond donors (Lipinski definition) is 2. The van der Waals surface area contributed by atoms with Crippen molar-refractivity contribution in [3.8, 4) is 38.7 Å². The molecule has 7 heteroatoms. The molecule has 0 aliphatic rings. The molecule has 0 fully saturated rings. The van der Waals surface area contributed by atoms with Crippen LogP contribution in [0, 0.1) is 0 Å². The lowest BCUT2D eigenvalue weighted by molar-refractivity contribution is 0.0698. The Kier molecular flexibility index (Phi) is 5.97. The van der Waals surface area contributed by atoms with Crippen LogP contribution in [0.3, 0.4) is 0 Å². The van der Waals surface area contributed by atoms with Gasteiger partial charge in [0.1, 0.15) is 10.8 Å². The van der Waals surface area contributed by atoms with Gasteiger partial charge in [0.2, 0.25) is 0 Å². The lowest BCUT2D eigenvalue weighted by atomic mass is 9.96. The second-order valence-corrected chi connectivity index (χ2v) is 7.55. The molecule has 2 N–H and O–H groups in total. The van der Waals surface area contributed by atoms with Crippen LogP contribution in [0.25, 0.3) is 33.0 Å². The smallest absolute Gasteiger partial charge is 0.336 e. The van der Waals surface area contributed by atoms with Gasteiger partial charge in [0.05, 0.1) is 31.2 Å². The van der Waals surface area contributed by atoms with Gasteiger partial charge in [0, 0.05) is 22.1 Å². The average molecular weight is 433 g/mol. The summed E-state index contributed by atoms with van der Waals surface area (Å²) in [6, 6.07) is 20.4. The van der Waals surface area contributed by atoms with Crippen LogP contribution in [-0.4, -0.2) is 30.3 Å². The number of methoxy groups -OCH3 is 1. The van der Waals surface area contributed by atoms with Crippen LogP contribution >= 0.6 is 11.3 Å². The number of carboxylic acids is 1. The fourth-order valence-electron chi connectivity index (χ4n) is 3.33. The summed E-state index contributed by atoms with van der Waals surface area (Å²) in [4.78, 5) is 21.8. The maximum Gasteiger partial charge on any atom is 0.336 e. The minimum atomic E-state index is -1.01. The highest BCUT2D eigenvalue weighted by atomic mass is 32.1. The topological polar surface area (TPSA) is 80.7 Å². The molecule has 3 aromatic carbocycles. The van der Waals surface area contributed by atoms with E-state index in [-0.39, 0.29) is 5.56 Å². The van der Waals surface area contributed by atoms with Crippen LogP contribution in [0.15, 0.2) is 72.1 Å². The Morgan fingerprint density at radius 2 is 1.81 bits per heavy atom. The Morgan fingerprint density at radius 3 is 2.58 bits per heavy atom. The van der Waals surface area contributed by atoms with Crippen molar-refractivity contribution >= 4 is 23.0 Å². The van der Waals surface area contributed by atoms with Crippen LogP contribution < -0.4 is 10.2 Å². The first kappa shape index (κ1) is 20.6. The summed E-state index contributed by atoms with van der Waals surface area (Å²) in [5, 5.41) is 12.6. The number of para-hydroxylation sites is 1. The van der Waals surface area contributed by atoms with Crippen molar-refractivity contribution < 1.29 is 19.5 Å². The highest BCUT2D eigenvalue weighted by molar-refractivity contribution is 7.13. The van der Waals surface area contributed by atoms with Gasteiger partial charge >= 0.3 is 5.97 Å². The van der Waals surface area contributed by atoms with Crippen LogP contribution in [0.5, 0.6) is 5.75 Å². The molecule has 0 spiro atoms. The van der Waals surface area contributed by atoms with E-state index in [0.717, 1.165) is 33.1 Å². The summed E-state index contributed by atoms with van der Waals surface area (Å²) in [7, 11) is 3.14. The summed E-state index contributed by atoms with van der Waals surface area (Å²) < 4.78 is 5.29. The van der Waals surface area contributed by atoms with Gasteiger partial charge in [-0.2, -0.15) is 0 Å². The number of rotatable bonds is 7. The van der Waals surface area contributed by atoms with Crippen LogP contribution in [0.1, 0.15) is 10.4 Å². The minimum Gasteiger partial charge on any atom is -0.497 e. The number of nitrogens with zero attached hydrogens (tertiary/aromatic N) is 1. The van der Waals surface area contributed by atoms with Gasteiger partial charge in [-0.3, -0.25) is 10.3 Å². The monoisotopic (exact) mass is 432 g/mol. The number of thiazole rings is 1. The number of hydrogen-bond acceptors (Lipinski definition) is 6. The highest BCUT2D eigenvalue weighted by Crippen LogP contribution is 2.35. The first-order valence-corrected chi connectivity index (χ1v) is 10.3. The van der Waals surface area contributed by atoms with Crippen molar-refractivity contribution in [3.63, 3.8) is 0 Å². The summed E-state index contributed by atoms with van der Waals surface area (Å²) in [5.41, 5.74) is 7.53. The summed E-state index contributed by atoms with van der Waals surface area (Å²) in [6.45, 7) is 0. The zero-order chi connectivity index (χ0) is 21.8. The first-order valence-electron chi connectivity index (χ1n) is 9.46. The molecule has 1 heterocycles.